The molecule has 1 nitrogen and oxygen atoms in total. The van der Waals surface area contributed by atoms with E-state index in [2.05, 4.69) is 66.0 Å². The third-order valence-corrected chi connectivity index (χ3v) is 3.69. The number of hydrogen-bond acceptors (Lipinski definition) is 1. The molecule has 1 aromatic carbocycles. The number of halogens is 1. The molecule has 2 heteroatoms. The maximum Gasteiger partial charge on any atom is 0.0366 e. The summed E-state index contributed by atoms with van der Waals surface area (Å²) < 4.78 is 0. The number of benzene rings is 1. The second-order valence-corrected chi connectivity index (χ2v) is 4.80. The first-order valence-electron chi connectivity index (χ1n) is 5.51. The van der Waals surface area contributed by atoms with Crippen LogP contribution in [0, 0.1) is 12.8 Å². The molecule has 0 saturated heterocycles. The molecule has 0 amide bonds. The fourth-order valence-electron chi connectivity index (χ4n) is 1.65. The average molecular weight is 270 g/mol. The molecule has 0 N–H and O–H groups in total. The predicted octanol–water partition coefficient (Wildman–Crippen LogP) is 3.85. The van der Waals surface area contributed by atoms with Crippen LogP contribution in [0.25, 0.3) is 0 Å². The van der Waals surface area contributed by atoms with Gasteiger partial charge in [-0.15, -0.1) is 0 Å². The first-order chi connectivity index (χ1) is 7.17. The number of anilines is 1. The maximum absolute atomic E-state index is 3.56. The van der Waals surface area contributed by atoms with E-state index in [9.17, 15) is 0 Å². The number of hydrogen-bond donors (Lipinski definition) is 0. The smallest absolute Gasteiger partial charge is 0.0366 e. The van der Waals surface area contributed by atoms with Gasteiger partial charge in [-0.3, -0.25) is 0 Å². The van der Waals surface area contributed by atoms with E-state index >= 15 is 0 Å². The summed E-state index contributed by atoms with van der Waals surface area (Å²) in [5.74, 6) is 0.732. The largest absolute Gasteiger partial charge is 0.374 e. The van der Waals surface area contributed by atoms with Gasteiger partial charge in [0, 0.05) is 24.6 Å². The van der Waals surface area contributed by atoms with Crippen molar-refractivity contribution in [3.05, 3.63) is 29.8 Å². The van der Waals surface area contributed by atoms with E-state index in [-0.39, 0.29) is 0 Å². The zero-order valence-corrected chi connectivity index (χ0v) is 11.4. The van der Waals surface area contributed by atoms with E-state index < -0.39 is 0 Å². The lowest BCUT2D eigenvalue weighted by Crippen LogP contribution is -2.25. The number of nitrogens with zero attached hydrogens (tertiary/aromatic N) is 1. The molecule has 0 bridgehead atoms. The highest BCUT2D eigenvalue weighted by Gasteiger charge is 2.08. The van der Waals surface area contributed by atoms with Gasteiger partial charge in [0.25, 0.3) is 0 Å². The molecular formula is C13H20BrN. The highest BCUT2D eigenvalue weighted by atomic mass is 79.9. The Hall–Kier alpha value is -0.500. The van der Waals surface area contributed by atoms with Crippen LogP contribution in [0.1, 0.15) is 18.9 Å². The second-order valence-electron chi connectivity index (χ2n) is 4.15. The minimum Gasteiger partial charge on any atom is -0.374 e. The van der Waals surface area contributed by atoms with Gasteiger partial charge in [0.1, 0.15) is 0 Å². The Bertz CT molecular complexity index is 294. The fourth-order valence-corrected chi connectivity index (χ4v) is 2.31. The number of aryl methyl sites for hydroxylation is 1. The Kier molecular flexibility index (Phi) is 5.16. The minimum atomic E-state index is 0.732. The van der Waals surface area contributed by atoms with Crippen molar-refractivity contribution >= 4 is 21.6 Å². The highest BCUT2D eigenvalue weighted by molar-refractivity contribution is 9.09. The van der Waals surface area contributed by atoms with Crippen LogP contribution >= 0.6 is 15.9 Å². The van der Waals surface area contributed by atoms with Gasteiger partial charge in [-0.1, -0.05) is 41.4 Å². The summed E-state index contributed by atoms with van der Waals surface area (Å²) in [4.78, 5) is 2.34. The zero-order chi connectivity index (χ0) is 11.3. The molecule has 1 rings (SSSR count). The summed E-state index contributed by atoms with van der Waals surface area (Å²) in [6.07, 6.45) is 1.22. The lowest BCUT2D eigenvalue weighted by Gasteiger charge is -2.24. The topological polar surface area (TPSA) is 3.24 Å². The van der Waals surface area contributed by atoms with Gasteiger partial charge >= 0.3 is 0 Å². The molecule has 1 unspecified atom stereocenters. The van der Waals surface area contributed by atoms with Crippen LogP contribution in [0.3, 0.4) is 0 Å². The normalized spacial score (nSPS) is 12.5. The lowest BCUT2D eigenvalue weighted by atomic mass is 10.1. The molecule has 0 heterocycles. The molecule has 0 aliphatic carbocycles. The molecule has 15 heavy (non-hydrogen) atoms. The second kappa shape index (κ2) is 6.16. The predicted molar refractivity (Wildman–Crippen MR) is 72.0 cm³/mol. The van der Waals surface area contributed by atoms with Crippen LogP contribution in [0.15, 0.2) is 24.3 Å². The van der Waals surface area contributed by atoms with Crippen molar-refractivity contribution < 1.29 is 0 Å². The monoisotopic (exact) mass is 269 g/mol. The number of alkyl halides is 1. The van der Waals surface area contributed by atoms with Crippen LogP contribution in [-0.4, -0.2) is 18.9 Å². The van der Waals surface area contributed by atoms with E-state index in [1.807, 2.05) is 0 Å². The SMILES string of the molecule is CCC(CBr)CN(C)c1cccc(C)c1. The Morgan fingerprint density at radius 3 is 2.67 bits per heavy atom. The summed E-state index contributed by atoms with van der Waals surface area (Å²) in [6, 6.07) is 8.67. The molecule has 0 aromatic heterocycles. The highest BCUT2D eigenvalue weighted by Crippen LogP contribution is 2.17. The van der Waals surface area contributed by atoms with Crippen molar-refractivity contribution in [2.24, 2.45) is 5.92 Å². The summed E-state index contributed by atoms with van der Waals surface area (Å²) in [6.45, 7) is 5.50. The van der Waals surface area contributed by atoms with E-state index in [0.717, 1.165) is 17.8 Å². The third kappa shape index (κ3) is 3.86. The van der Waals surface area contributed by atoms with Gasteiger partial charge in [-0.05, 0) is 30.5 Å². The summed E-state index contributed by atoms with van der Waals surface area (Å²) >= 11 is 3.56. The van der Waals surface area contributed by atoms with Crippen molar-refractivity contribution in [1.29, 1.82) is 0 Å². The van der Waals surface area contributed by atoms with Crippen LogP contribution in [0.4, 0.5) is 5.69 Å². The van der Waals surface area contributed by atoms with Gasteiger partial charge in [0.05, 0.1) is 0 Å². The van der Waals surface area contributed by atoms with Crippen molar-refractivity contribution in [1.82, 2.24) is 0 Å². The standard InChI is InChI=1S/C13H20BrN/c1-4-12(9-14)10-15(3)13-7-5-6-11(2)8-13/h5-8,12H,4,9-10H2,1-3H3. The van der Waals surface area contributed by atoms with Gasteiger partial charge in [0.15, 0.2) is 0 Å². The Morgan fingerprint density at radius 1 is 1.40 bits per heavy atom. The van der Waals surface area contributed by atoms with Crippen molar-refractivity contribution in [3.8, 4) is 0 Å². The van der Waals surface area contributed by atoms with E-state index in [4.69, 9.17) is 0 Å². The molecule has 0 fully saturated rings. The Morgan fingerprint density at radius 2 is 2.13 bits per heavy atom. The lowest BCUT2D eigenvalue weighted by molar-refractivity contribution is 0.572. The van der Waals surface area contributed by atoms with E-state index in [1.165, 1.54) is 17.7 Å². The van der Waals surface area contributed by atoms with E-state index in [0.29, 0.717) is 0 Å². The number of rotatable bonds is 5. The van der Waals surface area contributed by atoms with E-state index in [1.54, 1.807) is 0 Å². The molecule has 0 aliphatic heterocycles. The van der Waals surface area contributed by atoms with Crippen molar-refractivity contribution in [2.45, 2.75) is 20.3 Å². The first-order valence-corrected chi connectivity index (χ1v) is 6.63. The fraction of sp³-hybridized carbons (Fsp3) is 0.538. The van der Waals surface area contributed by atoms with Gasteiger partial charge in [0.2, 0.25) is 0 Å². The molecule has 84 valence electrons. The Labute approximate surface area is 102 Å². The first kappa shape index (κ1) is 12.6. The average Bonchev–Trinajstić information content (AvgIpc) is 2.25. The molecule has 0 radical (unpaired) electrons. The van der Waals surface area contributed by atoms with Crippen LogP contribution in [0.2, 0.25) is 0 Å². The van der Waals surface area contributed by atoms with Crippen LogP contribution in [0.5, 0.6) is 0 Å². The molecule has 0 saturated carbocycles. The van der Waals surface area contributed by atoms with Crippen molar-refractivity contribution in [2.75, 3.05) is 23.8 Å². The van der Waals surface area contributed by atoms with Gasteiger partial charge in [-0.25, -0.2) is 0 Å². The Balaban J connectivity index is 2.64. The van der Waals surface area contributed by atoms with Crippen LogP contribution < -0.4 is 4.90 Å². The quantitative estimate of drug-likeness (QED) is 0.734. The van der Waals surface area contributed by atoms with Gasteiger partial charge < -0.3 is 4.90 Å². The van der Waals surface area contributed by atoms with Crippen LogP contribution in [-0.2, 0) is 0 Å². The molecule has 0 aliphatic rings. The van der Waals surface area contributed by atoms with Gasteiger partial charge in [-0.2, -0.15) is 0 Å². The van der Waals surface area contributed by atoms with Crippen molar-refractivity contribution in [3.63, 3.8) is 0 Å². The maximum atomic E-state index is 3.56. The summed E-state index contributed by atoms with van der Waals surface area (Å²) in [5, 5.41) is 1.08. The molecule has 1 aromatic rings. The molecular weight excluding hydrogens is 250 g/mol. The zero-order valence-electron chi connectivity index (χ0n) is 9.83. The third-order valence-electron chi connectivity index (χ3n) is 2.77. The molecule has 1 atom stereocenters. The summed E-state index contributed by atoms with van der Waals surface area (Å²) in [5.41, 5.74) is 2.64. The molecule has 0 spiro atoms. The summed E-state index contributed by atoms with van der Waals surface area (Å²) in [7, 11) is 2.17. The minimum absolute atomic E-state index is 0.732.